The van der Waals surface area contributed by atoms with Gasteiger partial charge in [-0.25, -0.2) is 4.79 Å². The Hall–Kier alpha value is -1.05. The number of anilines is 1. The molecule has 1 aromatic rings. The number of thiophene rings is 1. The number of carboxylic acid groups (broad SMARTS) is 1. The Bertz CT molecular complexity index is 391. The first-order valence-corrected chi connectivity index (χ1v) is 6.80. The first kappa shape index (κ1) is 14.0. The van der Waals surface area contributed by atoms with Gasteiger partial charge in [0, 0.05) is 12.9 Å². The summed E-state index contributed by atoms with van der Waals surface area (Å²) in [6.07, 6.45) is 0. The maximum absolute atomic E-state index is 11.4. The van der Waals surface area contributed by atoms with Gasteiger partial charge in [-0.1, -0.05) is 0 Å². The van der Waals surface area contributed by atoms with Crippen LogP contribution in [0.5, 0.6) is 0 Å². The lowest BCUT2D eigenvalue weighted by Crippen LogP contribution is -2.13. The molecule has 0 bridgehead atoms. The fourth-order valence-corrected chi connectivity index (χ4v) is 2.45. The van der Waals surface area contributed by atoms with Gasteiger partial charge in [0.1, 0.15) is 4.88 Å². The lowest BCUT2D eigenvalue weighted by molar-refractivity contribution is -0.113. The topological polar surface area (TPSA) is 75.6 Å². The number of carbonyl (C=O) groups is 2. The fourth-order valence-electron chi connectivity index (χ4n) is 1.00. The smallest absolute Gasteiger partial charge is 0.345 e. The molecule has 94 valence electrons. The first-order valence-electron chi connectivity index (χ1n) is 4.83. The summed E-state index contributed by atoms with van der Waals surface area (Å²) in [4.78, 5) is 22.3. The van der Waals surface area contributed by atoms with E-state index in [4.69, 9.17) is 9.84 Å². The fraction of sp³-hybridized carbons (Fsp3) is 0.400. The highest BCUT2D eigenvalue weighted by atomic mass is 32.2. The Morgan fingerprint density at radius 2 is 2.29 bits per heavy atom. The minimum absolute atomic E-state index is 0.134. The normalized spacial score (nSPS) is 10.2. The molecule has 0 saturated carbocycles. The monoisotopic (exact) mass is 275 g/mol. The van der Waals surface area contributed by atoms with Crippen molar-refractivity contribution < 1.29 is 19.4 Å². The van der Waals surface area contributed by atoms with Gasteiger partial charge in [0.05, 0.1) is 17.4 Å². The van der Waals surface area contributed by atoms with E-state index >= 15 is 0 Å². The number of methoxy groups -OCH3 is 1. The van der Waals surface area contributed by atoms with Crippen LogP contribution < -0.4 is 5.32 Å². The zero-order valence-electron chi connectivity index (χ0n) is 9.26. The lowest BCUT2D eigenvalue weighted by atomic mass is 10.5. The number of amides is 1. The third kappa shape index (κ3) is 5.20. The van der Waals surface area contributed by atoms with E-state index in [2.05, 4.69) is 5.32 Å². The quantitative estimate of drug-likeness (QED) is 0.742. The molecule has 1 aromatic heterocycles. The molecule has 17 heavy (non-hydrogen) atoms. The Kier molecular flexibility index (Phi) is 6.03. The van der Waals surface area contributed by atoms with Crippen molar-refractivity contribution in [2.75, 3.05) is 30.5 Å². The van der Waals surface area contributed by atoms with Crippen LogP contribution in [0, 0.1) is 0 Å². The summed E-state index contributed by atoms with van der Waals surface area (Å²) in [5, 5.41) is 11.9. The molecule has 0 aromatic carbocycles. The second-order valence-corrected chi connectivity index (χ2v) is 5.25. The van der Waals surface area contributed by atoms with Crippen molar-refractivity contribution >= 4 is 40.0 Å². The molecule has 0 spiro atoms. The highest BCUT2D eigenvalue weighted by molar-refractivity contribution is 7.99. The largest absolute Gasteiger partial charge is 0.477 e. The standard InChI is InChI=1S/C10H13NO4S2/c1-15-4-5-16-6-8(12)11-9-3-2-7(17-9)10(13)14/h2-3H,4-6H2,1H3,(H,11,12)(H,13,14). The van der Waals surface area contributed by atoms with Crippen LogP contribution in [0.15, 0.2) is 12.1 Å². The zero-order valence-corrected chi connectivity index (χ0v) is 10.9. The zero-order chi connectivity index (χ0) is 12.7. The molecule has 0 aliphatic carbocycles. The third-order valence-electron chi connectivity index (χ3n) is 1.74. The molecule has 0 atom stereocenters. The van der Waals surface area contributed by atoms with Gasteiger partial charge in [-0.3, -0.25) is 4.79 Å². The molecular formula is C10H13NO4S2. The van der Waals surface area contributed by atoms with Crippen LogP contribution in [0.1, 0.15) is 9.67 Å². The number of hydrogen-bond acceptors (Lipinski definition) is 5. The van der Waals surface area contributed by atoms with Crippen molar-refractivity contribution in [2.45, 2.75) is 0 Å². The second kappa shape index (κ2) is 7.31. The predicted octanol–water partition coefficient (Wildman–Crippen LogP) is 1.76. The van der Waals surface area contributed by atoms with Crippen LogP contribution >= 0.6 is 23.1 Å². The van der Waals surface area contributed by atoms with Gasteiger partial charge in [0.2, 0.25) is 5.91 Å². The van der Waals surface area contributed by atoms with Crippen LogP contribution in [-0.4, -0.2) is 42.2 Å². The van der Waals surface area contributed by atoms with Crippen LogP contribution in [0.25, 0.3) is 0 Å². The summed E-state index contributed by atoms with van der Waals surface area (Å²) < 4.78 is 4.86. The van der Waals surface area contributed by atoms with Gasteiger partial charge in [-0.15, -0.1) is 23.1 Å². The third-order valence-corrected chi connectivity index (χ3v) is 3.65. The minimum Gasteiger partial charge on any atom is -0.477 e. The molecule has 0 unspecified atom stereocenters. The number of hydrogen-bond donors (Lipinski definition) is 2. The van der Waals surface area contributed by atoms with E-state index in [9.17, 15) is 9.59 Å². The Morgan fingerprint density at radius 3 is 2.88 bits per heavy atom. The lowest BCUT2D eigenvalue weighted by Gasteiger charge is -2.01. The molecule has 5 nitrogen and oxygen atoms in total. The molecule has 1 rings (SSSR count). The Labute approximate surface area is 107 Å². The van der Waals surface area contributed by atoms with Crippen molar-refractivity contribution in [2.24, 2.45) is 0 Å². The Morgan fingerprint density at radius 1 is 1.53 bits per heavy atom. The van der Waals surface area contributed by atoms with E-state index in [1.54, 1.807) is 13.2 Å². The van der Waals surface area contributed by atoms with E-state index in [1.807, 2.05) is 0 Å². The SMILES string of the molecule is COCCSCC(=O)Nc1ccc(C(=O)O)s1. The average molecular weight is 275 g/mol. The summed E-state index contributed by atoms with van der Waals surface area (Å²) in [5.74, 6) is -0.0202. The molecular weight excluding hydrogens is 262 g/mol. The Balaban J connectivity index is 2.32. The van der Waals surface area contributed by atoms with Crippen LogP contribution in [-0.2, 0) is 9.53 Å². The van der Waals surface area contributed by atoms with Crippen molar-refractivity contribution in [3.63, 3.8) is 0 Å². The first-order chi connectivity index (χ1) is 8.13. The van der Waals surface area contributed by atoms with Crippen molar-refractivity contribution in [1.29, 1.82) is 0 Å². The van der Waals surface area contributed by atoms with Crippen molar-refractivity contribution in [1.82, 2.24) is 0 Å². The maximum atomic E-state index is 11.4. The molecule has 0 aliphatic heterocycles. The van der Waals surface area contributed by atoms with E-state index in [0.29, 0.717) is 17.4 Å². The van der Waals surface area contributed by atoms with Gasteiger partial charge in [0.15, 0.2) is 0 Å². The second-order valence-electron chi connectivity index (χ2n) is 3.06. The summed E-state index contributed by atoms with van der Waals surface area (Å²) in [7, 11) is 1.61. The van der Waals surface area contributed by atoms with E-state index < -0.39 is 5.97 Å². The maximum Gasteiger partial charge on any atom is 0.345 e. The predicted molar refractivity (Wildman–Crippen MR) is 69.1 cm³/mol. The van der Waals surface area contributed by atoms with E-state index in [1.165, 1.54) is 17.8 Å². The molecule has 1 amide bonds. The van der Waals surface area contributed by atoms with Crippen molar-refractivity contribution in [3.05, 3.63) is 17.0 Å². The molecule has 0 aliphatic rings. The number of thioether (sulfide) groups is 1. The number of carbonyl (C=O) groups excluding carboxylic acids is 1. The van der Waals surface area contributed by atoms with E-state index in [0.717, 1.165) is 17.1 Å². The molecule has 2 N–H and O–H groups in total. The number of aromatic carboxylic acids is 1. The van der Waals surface area contributed by atoms with Crippen molar-refractivity contribution in [3.8, 4) is 0 Å². The molecule has 0 radical (unpaired) electrons. The molecule has 0 fully saturated rings. The van der Waals surface area contributed by atoms with Crippen LogP contribution in [0.4, 0.5) is 5.00 Å². The van der Waals surface area contributed by atoms with Gasteiger partial charge in [-0.2, -0.15) is 0 Å². The highest BCUT2D eigenvalue weighted by Crippen LogP contribution is 2.21. The number of nitrogens with one attached hydrogen (secondary N) is 1. The average Bonchev–Trinajstić information content (AvgIpc) is 2.73. The molecule has 1 heterocycles. The van der Waals surface area contributed by atoms with Crippen LogP contribution in [0.2, 0.25) is 0 Å². The van der Waals surface area contributed by atoms with Crippen LogP contribution in [0.3, 0.4) is 0 Å². The number of carboxylic acids is 1. The minimum atomic E-state index is -0.982. The van der Waals surface area contributed by atoms with Gasteiger partial charge >= 0.3 is 5.97 Å². The summed E-state index contributed by atoms with van der Waals surface area (Å²) in [6.45, 7) is 0.611. The molecule has 7 heteroatoms. The summed E-state index contributed by atoms with van der Waals surface area (Å²) in [6, 6.07) is 3.06. The summed E-state index contributed by atoms with van der Waals surface area (Å²) >= 11 is 2.52. The highest BCUT2D eigenvalue weighted by Gasteiger charge is 2.09. The van der Waals surface area contributed by atoms with Gasteiger partial charge in [-0.05, 0) is 12.1 Å². The van der Waals surface area contributed by atoms with E-state index in [-0.39, 0.29) is 10.8 Å². The molecule has 0 saturated heterocycles. The summed E-state index contributed by atoms with van der Waals surface area (Å²) in [5.41, 5.74) is 0. The van der Waals surface area contributed by atoms with Gasteiger partial charge in [0.25, 0.3) is 0 Å². The number of ether oxygens (including phenoxy) is 1. The number of rotatable bonds is 7. The van der Waals surface area contributed by atoms with Gasteiger partial charge < -0.3 is 15.2 Å².